The maximum Gasteiger partial charge on any atom is 0.149 e. The molecule has 94 valence electrons. The van der Waals surface area contributed by atoms with Gasteiger partial charge in [0.05, 0.1) is 6.54 Å². The monoisotopic (exact) mass is 226 g/mol. The number of likely N-dealkylation sites (N-methyl/N-ethyl adjacent to an activating group) is 1. The third-order valence-electron chi connectivity index (χ3n) is 3.88. The number of hydrogen-bond acceptors (Lipinski definition) is 3. The van der Waals surface area contributed by atoms with E-state index in [4.69, 9.17) is 0 Å². The lowest BCUT2D eigenvalue weighted by molar-refractivity contribution is -0.124. The van der Waals surface area contributed by atoms with Gasteiger partial charge in [0.1, 0.15) is 5.78 Å². The van der Waals surface area contributed by atoms with E-state index in [1.54, 1.807) is 0 Å². The van der Waals surface area contributed by atoms with Crippen molar-refractivity contribution < 1.29 is 4.79 Å². The van der Waals surface area contributed by atoms with Crippen LogP contribution in [0, 0.1) is 5.92 Å². The number of likely N-dealkylation sites (tertiary alicyclic amines) is 1. The summed E-state index contributed by atoms with van der Waals surface area (Å²) in [5.74, 6) is 0.609. The highest BCUT2D eigenvalue weighted by molar-refractivity contribution is 5.82. The van der Waals surface area contributed by atoms with E-state index in [0.717, 1.165) is 19.5 Å². The first-order valence-electron chi connectivity index (χ1n) is 6.46. The van der Waals surface area contributed by atoms with Gasteiger partial charge in [-0.25, -0.2) is 0 Å². The van der Waals surface area contributed by atoms with Crippen LogP contribution in [-0.2, 0) is 4.79 Å². The van der Waals surface area contributed by atoms with Gasteiger partial charge in [0.25, 0.3) is 0 Å². The highest BCUT2D eigenvalue weighted by Crippen LogP contribution is 2.14. The molecule has 1 unspecified atom stereocenters. The highest BCUT2D eigenvalue weighted by atomic mass is 16.1. The number of rotatable bonds is 5. The fourth-order valence-electron chi connectivity index (χ4n) is 2.19. The third kappa shape index (κ3) is 3.87. The van der Waals surface area contributed by atoms with E-state index in [1.165, 1.54) is 12.8 Å². The Hall–Kier alpha value is -0.410. The molecule has 0 saturated carbocycles. The van der Waals surface area contributed by atoms with E-state index < -0.39 is 0 Å². The van der Waals surface area contributed by atoms with Gasteiger partial charge >= 0.3 is 0 Å². The van der Waals surface area contributed by atoms with Crippen LogP contribution in [0.25, 0.3) is 0 Å². The Labute approximate surface area is 99.8 Å². The van der Waals surface area contributed by atoms with Gasteiger partial charge in [-0.2, -0.15) is 0 Å². The summed E-state index contributed by atoms with van der Waals surface area (Å²) in [5.41, 5.74) is 0. The molecule has 1 rings (SSSR count). The van der Waals surface area contributed by atoms with Crippen molar-refractivity contribution in [1.82, 2.24) is 9.80 Å². The number of carbonyl (C=O) groups is 1. The van der Waals surface area contributed by atoms with Crippen molar-refractivity contribution in [2.75, 3.05) is 33.7 Å². The summed E-state index contributed by atoms with van der Waals surface area (Å²) in [5, 5.41) is 0. The van der Waals surface area contributed by atoms with Crippen LogP contribution in [0.4, 0.5) is 0 Å². The number of piperidine rings is 1. The number of Topliss-reactive ketones (excluding diaryl/α,β-unsaturated/α-hetero) is 1. The molecule has 3 nitrogen and oxygen atoms in total. The Kier molecular flexibility index (Phi) is 5.42. The average molecular weight is 226 g/mol. The molecule has 0 amide bonds. The average Bonchev–Trinajstić information content (AvgIpc) is 2.28. The largest absolute Gasteiger partial charge is 0.306 e. The minimum atomic E-state index is 0.216. The molecule has 3 heteroatoms. The van der Waals surface area contributed by atoms with Crippen molar-refractivity contribution in [2.24, 2.45) is 5.92 Å². The second-order valence-electron chi connectivity index (χ2n) is 5.23. The van der Waals surface area contributed by atoms with Crippen molar-refractivity contribution in [3.8, 4) is 0 Å². The van der Waals surface area contributed by atoms with E-state index in [0.29, 0.717) is 18.4 Å². The molecule has 0 aromatic carbocycles. The van der Waals surface area contributed by atoms with Crippen molar-refractivity contribution in [3.63, 3.8) is 0 Å². The van der Waals surface area contributed by atoms with Gasteiger partial charge in [-0.05, 0) is 46.4 Å². The minimum Gasteiger partial charge on any atom is -0.306 e. The molecule has 1 fully saturated rings. The summed E-state index contributed by atoms with van der Waals surface area (Å²) in [6.07, 6.45) is 3.35. The molecule has 1 atom stereocenters. The maximum absolute atomic E-state index is 11.8. The molecule has 1 heterocycles. The molecule has 0 N–H and O–H groups in total. The van der Waals surface area contributed by atoms with Crippen molar-refractivity contribution in [1.29, 1.82) is 0 Å². The zero-order chi connectivity index (χ0) is 12.1. The number of hydrogen-bond donors (Lipinski definition) is 0. The third-order valence-corrected chi connectivity index (χ3v) is 3.88. The quantitative estimate of drug-likeness (QED) is 0.712. The molecule has 1 saturated heterocycles. The van der Waals surface area contributed by atoms with E-state index in [9.17, 15) is 4.79 Å². The summed E-state index contributed by atoms with van der Waals surface area (Å²) in [7, 11) is 4.26. The Morgan fingerprint density at radius 2 is 2.00 bits per heavy atom. The highest BCUT2D eigenvalue weighted by Gasteiger charge is 2.23. The van der Waals surface area contributed by atoms with Crippen LogP contribution in [0.5, 0.6) is 0 Å². The van der Waals surface area contributed by atoms with Crippen LogP contribution < -0.4 is 0 Å². The van der Waals surface area contributed by atoms with E-state index in [-0.39, 0.29) is 5.92 Å². The molecule has 0 spiro atoms. The van der Waals surface area contributed by atoms with Gasteiger partial charge in [-0.1, -0.05) is 13.8 Å². The molecule has 0 bridgehead atoms. The van der Waals surface area contributed by atoms with Gasteiger partial charge in [0.15, 0.2) is 0 Å². The summed E-state index contributed by atoms with van der Waals surface area (Å²) in [4.78, 5) is 16.5. The first-order valence-corrected chi connectivity index (χ1v) is 6.46. The van der Waals surface area contributed by atoms with Gasteiger partial charge in [-0.15, -0.1) is 0 Å². The maximum atomic E-state index is 11.8. The van der Waals surface area contributed by atoms with E-state index in [2.05, 4.69) is 30.8 Å². The standard InChI is InChI=1S/C13H26N2O/c1-5-11(2)13(16)10-15(4)12-6-8-14(3)9-7-12/h11-12H,5-10H2,1-4H3. The Morgan fingerprint density at radius 1 is 1.44 bits per heavy atom. The van der Waals surface area contributed by atoms with Crippen LogP contribution >= 0.6 is 0 Å². The van der Waals surface area contributed by atoms with Crippen LogP contribution in [0.3, 0.4) is 0 Å². The van der Waals surface area contributed by atoms with Crippen LogP contribution in [0.2, 0.25) is 0 Å². The van der Waals surface area contributed by atoms with Gasteiger partial charge < -0.3 is 4.90 Å². The first kappa shape index (κ1) is 13.7. The molecular formula is C13H26N2O. The number of nitrogens with zero attached hydrogens (tertiary/aromatic N) is 2. The topological polar surface area (TPSA) is 23.6 Å². The fraction of sp³-hybridized carbons (Fsp3) is 0.923. The summed E-state index contributed by atoms with van der Waals surface area (Å²) < 4.78 is 0. The van der Waals surface area contributed by atoms with E-state index >= 15 is 0 Å². The lowest BCUT2D eigenvalue weighted by atomic mass is 10.0. The second kappa shape index (κ2) is 6.36. The van der Waals surface area contributed by atoms with Crippen molar-refractivity contribution in [3.05, 3.63) is 0 Å². The molecule has 0 radical (unpaired) electrons. The Bertz CT molecular complexity index is 222. The number of ketones is 1. The Morgan fingerprint density at radius 3 is 2.50 bits per heavy atom. The normalized spacial score (nSPS) is 21.3. The van der Waals surface area contributed by atoms with Gasteiger partial charge in [-0.3, -0.25) is 9.69 Å². The first-order chi connectivity index (χ1) is 7.54. The summed E-state index contributed by atoms with van der Waals surface area (Å²) >= 11 is 0. The predicted molar refractivity (Wildman–Crippen MR) is 67.6 cm³/mol. The summed E-state index contributed by atoms with van der Waals surface area (Å²) in [6.45, 7) is 7.06. The molecular weight excluding hydrogens is 200 g/mol. The second-order valence-corrected chi connectivity index (χ2v) is 5.23. The van der Waals surface area contributed by atoms with Crippen molar-refractivity contribution >= 4 is 5.78 Å². The zero-order valence-electron chi connectivity index (χ0n) is 11.2. The zero-order valence-corrected chi connectivity index (χ0v) is 11.2. The number of carbonyl (C=O) groups excluding carboxylic acids is 1. The fourth-order valence-corrected chi connectivity index (χ4v) is 2.19. The molecule has 1 aliphatic rings. The van der Waals surface area contributed by atoms with Gasteiger partial charge in [0.2, 0.25) is 0 Å². The van der Waals surface area contributed by atoms with Crippen LogP contribution in [0.15, 0.2) is 0 Å². The van der Waals surface area contributed by atoms with Crippen LogP contribution in [0.1, 0.15) is 33.1 Å². The molecule has 0 aromatic rings. The van der Waals surface area contributed by atoms with Crippen LogP contribution in [-0.4, -0.2) is 55.4 Å². The van der Waals surface area contributed by atoms with Gasteiger partial charge in [0, 0.05) is 12.0 Å². The van der Waals surface area contributed by atoms with Crippen molar-refractivity contribution in [2.45, 2.75) is 39.2 Å². The summed E-state index contributed by atoms with van der Waals surface area (Å²) in [6, 6.07) is 0.601. The predicted octanol–water partition coefficient (Wildman–Crippen LogP) is 1.63. The minimum absolute atomic E-state index is 0.216. The lowest BCUT2D eigenvalue weighted by Crippen LogP contribution is -2.44. The lowest BCUT2D eigenvalue weighted by Gasteiger charge is -2.35. The SMILES string of the molecule is CCC(C)C(=O)CN(C)C1CCN(C)CC1. The van der Waals surface area contributed by atoms with E-state index in [1.807, 2.05) is 6.92 Å². The smallest absolute Gasteiger partial charge is 0.149 e. The molecule has 1 aliphatic heterocycles. The molecule has 0 aromatic heterocycles. The molecule has 16 heavy (non-hydrogen) atoms. The Balaban J connectivity index is 2.34. The molecule has 0 aliphatic carbocycles.